The molecule has 1 aromatic heterocycles. The van der Waals surface area contributed by atoms with Gasteiger partial charge < -0.3 is 19.8 Å². The maximum atomic E-state index is 12.7. The predicted octanol–water partition coefficient (Wildman–Crippen LogP) is 3.63. The number of hydrogen-bond donors (Lipinski definition) is 2. The maximum Gasteiger partial charge on any atom is 0.340 e. The summed E-state index contributed by atoms with van der Waals surface area (Å²) >= 11 is 0. The number of benzene rings is 1. The second kappa shape index (κ2) is 8.53. The van der Waals surface area contributed by atoms with Crippen molar-refractivity contribution in [1.29, 1.82) is 0 Å². The van der Waals surface area contributed by atoms with E-state index in [2.05, 4.69) is 10.3 Å². The van der Waals surface area contributed by atoms with Crippen LogP contribution in [0.5, 0.6) is 0 Å². The molecule has 0 spiro atoms. The third kappa shape index (κ3) is 4.55. The molecule has 0 fully saturated rings. The third-order valence-corrected chi connectivity index (χ3v) is 3.88. The first-order chi connectivity index (χ1) is 12.8. The van der Waals surface area contributed by atoms with Crippen LogP contribution in [0.15, 0.2) is 24.3 Å². The first-order valence-electron chi connectivity index (χ1n) is 8.73. The lowest BCUT2D eigenvalue weighted by molar-refractivity contribution is 0.0376. The van der Waals surface area contributed by atoms with Crippen molar-refractivity contribution in [2.24, 2.45) is 0 Å². The molecule has 1 heterocycles. The van der Waals surface area contributed by atoms with Gasteiger partial charge in [-0.1, -0.05) is 12.1 Å². The van der Waals surface area contributed by atoms with Gasteiger partial charge in [0.25, 0.3) is 5.91 Å². The maximum absolute atomic E-state index is 12.7. The molecule has 0 saturated heterocycles. The molecule has 1 amide bonds. The Morgan fingerprint density at radius 2 is 1.78 bits per heavy atom. The number of aromatic amines is 1. The molecule has 2 aromatic rings. The number of nitrogens with one attached hydrogen (secondary N) is 2. The standard InChI is InChI=1S/C20H24N2O5/c1-6-26-19(24)14-9-7-8-10-15(14)22-18(23)17-12(4)16(13(5)21-17)20(25)27-11(2)3/h7-11,21H,6H2,1-5H3,(H,22,23). The van der Waals surface area contributed by atoms with Crippen LogP contribution in [0.3, 0.4) is 0 Å². The zero-order valence-corrected chi connectivity index (χ0v) is 16.1. The molecule has 7 heteroatoms. The van der Waals surface area contributed by atoms with Crippen molar-refractivity contribution in [1.82, 2.24) is 4.98 Å². The molecule has 0 unspecified atom stereocenters. The number of hydrogen-bond acceptors (Lipinski definition) is 5. The van der Waals surface area contributed by atoms with Gasteiger partial charge in [-0.05, 0) is 52.3 Å². The number of anilines is 1. The molecular weight excluding hydrogens is 348 g/mol. The molecule has 0 aliphatic carbocycles. The first-order valence-corrected chi connectivity index (χ1v) is 8.73. The number of aromatic nitrogens is 1. The lowest BCUT2D eigenvalue weighted by Crippen LogP contribution is -2.17. The average Bonchev–Trinajstić information content (AvgIpc) is 2.89. The highest BCUT2D eigenvalue weighted by Gasteiger charge is 2.24. The molecule has 0 saturated carbocycles. The Morgan fingerprint density at radius 1 is 1.11 bits per heavy atom. The Bertz CT molecular complexity index is 867. The molecule has 144 valence electrons. The van der Waals surface area contributed by atoms with Crippen LogP contribution in [-0.4, -0.2) is 35.5 Å². The Hall–Kier alpha value is -3.09. The zero-order valence-electron chi connectivity index (χ0n) is 16.1. The second-order valence-electron chi connectivity index (χ2n) is 6.30. The minimum Gasteiger partial charge on any atom is -0.462 e. The molecule has 0 aliphatic rings. The fourth-order valence-electron chi connectivity index (χ4n) is 2.72. The van der Waals surface area contributed by atoms with Gasteiger partial charge in [0.2, 0.25) is 0 Å². The largest absolute Gasteiger partial charge is 0.462 e. The number of carbonyl (C=O) groups excluding carboxylic acids is 3. The molecule has 0 atom stereocenters. The molecular formula is C20H24N2O5. The first kappa shape index (κ1) is 20.2. The summed E-state index contributed by atoms with van der Waals surface area (Å²) in [4.78, 5) is 40.0. The number of amides is 1. The van der Waals surface area contributed by atoms with Gasteiger partial charge in [-0.3, -0.25) is 4.79 Å². The van der Waals surface area contributed by atoms with E-state index >= 15 is 0 Å². The van der Waals surface area contributed by atoms with Crippen molar-refractivity contribution in [3.05, 3.63) is 52.3 Å². The number of rotatable bonds is 6. The SMILES string of the molecule is CCOC(=O)c1ccccc1NC(=O)c1[nH]c(C)c(C(=O)OC(C)C)c1C. The highest BCUT2D eigenvalue weighted by Crippen LogP contribution is 2.22. The molecule has 1 aromatic carbocycles. The molecule has 2 N–H and O–H groups in total. The second-order valence-corrected chi connectivity index (χ2v) is 6.30. The lowest BCUT2D eigenvalue weighted by atomic mass is 10.1. The summed E-state index contributed by atoms with van der Waals surface area (Å²) in [6.07, 6.45) is -0.264. The number of para-hydroxylation sites is 1. The normalized spacial score (nSPS) is 10.6. The number of esters is 2. The molecule has 7 nitrogen and oxygen atoms in total. The van der Waals surface area contributed by atoms with E-state index in [9.17, 15) is 14.4 Å². The fourth-order valence-corrected chi connectivity index (χ4v) is 2.72. The molecule has 0 radical (unpaired) electrons. The Labute approximate surface area is 158 Å². The summed E-state index contributed by atoms with van der Waals surface area (Å²) in [5.41, 5.74) is 2.20. The number of H-pyrrole nitrogens is 1. The van der Waals surface area contributed by atoms with Crippen LogP contribution in [0.25, 0.3) is 0 Å². The van der Waals surface area contributed by atoms with Gasteiger partial charge >= 0.3 is 11.9 Å². The summed E-state index contributed by atoms with van der Waals surface area (Å²) in [5.74, 6) is -1.47. The molecule has 27 heavy (non-hydrogen) atoms. The average molecular weight is 372 g/mol. The zero-order chi connectivity index (χ0) is 20.1. The van der Waals surface area contributed by atoms with Crippen molar-refractivity contribution in [2.75, 3.05) is 11.9 Å². The van der Waals surface area contributed by atoms with Gasteiger partial charge in [0.05, 0.1) is 29.5 Å². The summed E-state index contributed by atoms with van der Waals surface area (Å²) in [6, 6.07) is 6.58. The van der Waals surface area contributed by atoms with Crippen LogP contribution in [0, 0.1) is 13.8 Å². The van der Waals surface area contributed by atoms with Gasteiger partial charge in [0, 0.05) is 5.69 Å². The van der Waals surface area contributed by atoms with Crippen molar-refractivity contribution in [3.63, 3.8) is 0 Å². The Kier molecular flexibility index (Phi) is 6.39. The van der Waals surface area contributed by atoms with Gasteiger partial charge in [0.15, 0.2) is 0 Å². The van der Waals surface area contributed by atoms with E-state index in [-0.39, 0.29) is 24.0 Å². The quantitative estimate of drug-likeness (QED) is 0.755. The van der Waals surface area contributed by atoms with Crippen LogP contribution in [-0.2, 0) is 9.47 Å². The minimum absolute atomic E-state index is 0.234. The smallest absolute Gasteiger partial charge is 0.340 e. The van der Waals surface area contributed by atoms with Gasteiger partial charge in [-0.2, -0.15) is 0 Å². The predicted molar refractivity (Wildman–Crippen MR) is 101 cm³/mol. The molecule has 0 bridgehead atoms. The van der Waals surface area contributed by atoms with Crippen molar-refractivity contribution in [3.8, 4) is 0 Å². The van der Waals surface area contributed by atoms with E-state index in [1.165, 1.54) is 0 Å². The molecule has 2 rings (SSSR count). The monoisotopic (exact) mass is 372 g/mol. The van der Waals surface area contributed by atoms with E-state index in [1.807, 2.05) is 0 Å². The Morgan fingerprint density at radius 3 is 2.41 bits per heavy atom. The fraction of sp³-hybridized carbons (Fsp3) is 0.350. The highest BCUT2D eigenvalue weighted by molar-refractivity contribution is 6.09. The van der Waals surface area contributed by atoms with Crippen molar-refractivity contribution < 1.29 is 23.9 Å². The van der Waals surface area contributed by atoms with Crippen molar-refractivity contribution >= 4 is 23.5 Å². The van der Waals surface area contributed by atoms with Crippen LogP contribution in [0.1, 0.15) is 63.2 Å². The van der Waals surface area contributed by atoms with E-state index in [0.717, 1.165) is 0 Å². The van der Waals surface area contributed by atoms with E-state index in [1.54, 1.807) is 58.9 Å². The summed E-state index contributed by atoms with van der Waals surface area (Å²) in [6.45, 7) is 8.84. The lowest BCUT2D eigenvalue weighted by Gasteiger charge is -2.10. The highest BCUT2D eigenvalue weighted by atomic mass is 16.5. The van der Waals surface area contributed by atoms with E-state index in [0.29, 0.717) is 22.5 Å². The minimum atomic E-state index is -0.519. The number of ether oxygens (including phenoxy) is 2. The van der Waals surface area contributed by atoms with Gasteiger partial charge in [-0.15, -0.1) is 0 Å². The summed E-state index contributed by atoms with van der Waals surface area (Å²) in [7, 11) is 0. The van der Waals surface area contributed by atoms with Gasteiger partial charge in [0.1, 0.15) is 5.69 Å². The van der Waals surface area contributed by atoms with Crippen LogP contribution in [0.4, 0.5) is 5.69 Å². The van der Waals surface area contributed by atoms with E-state index in [4.69, 9.17) is 9.47 Å². The summed E-state index contributed by atoms with van der Waals surface area (Å²) in [5, 5.41) is 2.70. The van der Waals surface area contributed by atoms with Crippen LogP contribution < -0.4 is 5.32 Å². The Balaban J connectivity index is 2.30. The van der Waals surface area contributed by atoms with E-state index < -0.39 is 17.8 Å². The molecule has 0 aliphatic heterocycles. The van der Waals surface area contributed by atoms with Crippen LogP contribution >= 0.6 is 0 Å². The summed E-state index contributed by atoms with van der Waals surface area (Å²) < 4.78 is 10.2. The number of aryl methyl sites for hydroxylation is 1. The number of carbonyl (C=O) groups is 3. The topological polar surface area (TPSA) is 97.5 Å². The van der Waals surface area contributed by atoms with Crippen molar-refractivity contribution in [2.45, 2.75) is 40.7 Å². The third-order valence-electron chi connectivity index (χ3n) is 3.88. The van der Waals surface area contributed by atoms with Gasteiger partial charge in [-0.25, -0.2) is 9.59 Å². The van der Waals surface area contributed by atoms with Crippen LogP contribution in [0.2, 0.25) is 0 Å².